The lowest BCUT2D eigenvalue weighted by Gasteiger charge is -2.11. The second-order valence-electron chi connectivity index (χ2n) is 2.27. The van der Waals surface area contributed by atoms with Gasteiger partial charge in [-0.3, -0.25) is 4.79 Å². The Kier molecular flexibility index (Phi) is 1.83. The lowest BCUT2D eigenvalue weighted by atomic mass is 10.0. The molecule has 0 radical (unpaired) electrons. The van der Waals surface area contributed by atoms with E-state index in [9.17, 15) is 4.79 Å². The summed E-state index contributed by atoms with van der Waals surface area (Å²) in [5, 5.41) is 8.69. The van der Waals surface area contributed by atoms with E-state index in [4.69, 9.17) is 16.9 Å². The van der Waals surface area contributed by atoms with Crippen LogP contribution < -0.4 is 5.73 Å². The minimum absolute atomic E-state index is 0.247. The number of amides is 1. The molecule has 1 fully saturated rings. The van der Waals surface area contributed by atoms with Gasteiger partial charge in [0.15, 0.2) is 0 Å². The number of aliphatic hydroxyl groups excluding tert-OH is 1. The van der Waals surface area contributed by atoms with Crippen molar-refractivity contribution in [3.8, 4) is 0 Å². The van der Waals surface area contributed by atoms with Gasteiger partial charge in [-0.1, -0.05) is 0 Å². The average molecular weight is 147 g/mol. The molecule has 0 spiro atoms. The molecule has 0 saturated carbocycles. The van der Waals surface area contributed by atoms with Gasteiger partial charge in [-0.15, -0.1) is 0 Å². The molecule has 2 unspecified atom stereocenters. The van der Waals surface area contributed by atoms with Crippen LogP contribution in [-0.4, -0.2) is 30.3 Å². The van der Waals surface area contributed by atoms with Crippen LogP contribution in [0.25, 0.3) is 0 Å². The summed E-state index contributed by atoms with van der Waals surface area (Å²) >= 11 is 0. The Balaban J connectivity index is 2.57. The SMILES string of the molecule is [3H]C1CC(C(N)=O)[C@@H](CO)O1. The number of primary amides is 1. The van der Waals surface area contributed by atoms with Crippen LogP contribution in [0.2, 0.25) is 0 Å². The van der Waals surface area contributed by atoms with Gasteiger partial charge in [-0.2, -0.15) is 0 Å². The van der Waals surface area contributed by atoms with Crippen LogP contribution in [0.5, 0.6) is 0 Å². The molecule has 1 saturated heterocycles. The van der Waals surface area contributed by atoms with Crippen molar-refractivity contribution in [1.29, 1.82) is 0 Å². The molecule has 1 heterocycles. The highest BCUT2D eigenvalue weighted by molar-refractivity contribution is 5.77. The first-order valence-corrected chi connectivity index (χ1v) is 3.13. The van der Waals surface area contributed by atoms with Crippen LogP contribution in [0, 0.1) is 5.92 Å². The largest absolute Gasteiger partial charge is 0.394 e. The standard InChI is InChI=1S/C6H11NO3/c7-6(9)4-1-2-10-5(4)3-8/h4-5,8H,1-3H2,(H2,7,9)/t4?,5-/m1/s1/i2T/t2?,4?,5-. The van der Waals surface area contributed by atoms with E-state index in [1.807, 2.05) is 0 Å². The van der Waals surface area contributed by atoms with E-state index in [2.05, 4.69) is 0 Å². The highest BCUT2D eigenvalue weighted by atomic mass is 16.5. The van der Waals surface area contributed by atoms with Crippen molar-refractivity contribution >= 4 is 5.91 Å². The van der Waals surface area contributed by atoms with Crippen molar-refractivity contribution in [1.82, 2.24) is 0 Å². The van der Waals surface area contributed by atoms with E-state index in [0.29, 0.717) is 6.42 Å². The fraction of sp³-hybridized carbons (Fsp3) is 0.833. The molecule has 58 valence electrons. The Morgan fingerprint density at radius 2 is 2.70 bits per heavy atom. The van der Waals surface area contributed by atoms with Crippen LogP contribution in [0.1, 0.15) is 7.79 Å². The summed E-state index contributed by atoms with van der Waals surface area (Å²) in [5.41, 5.74) is 5.01. The summed E-state index contributed by atoms with van der Waals surface area (Å²) < 4.78 is 12.0. The maximum Gasteiger partial charge on any atom is 0.223 e. The molecule has 0 aromatic carbocycles. The number of hydrogen-bond acceptors (Lipinski definition) is 3. The minimum atomic E-state index is -0.718. The van der Waals surface area contributed by atoms with Crippen molar-refractivity contribution in [2.45, 2.75) is 12.5 Å². The van der Waals surface area contributed by atoms with E-state index >= 15 is 0 Å². The first kappa shape index (κ1) is 6.12. The molecule has 0 aromatic heterocycles. The Morgan fingerprint density at radius 3 is 3.10 bits per heavy atom. The summed E-state index contributed by atoms with van der Waals surface area (Å²) in [6.07, 6.45) is -0.282. The molecule has 0 bridgehead atoms. The zero-order chi connectivity index (χ0) is 8.43. The second-order valence-corrected chi connectivity index (χ2v) is 2.27. The van der Waals surface area contributed by atoms with Gasteiger partial charge in [0, 0.05) is 6.58 Å². The number of carbonyl (C=O) groups is 1. The van der Waals surface area contributed by atoms with Crippen molar-refractivity contribution in [3.63, 3.8) is 0 Å². The fourth-order valence-corrected chi connectivity index (χ4v) is 0.999. The highest BCUT2D eigenvalue weighted by Crippen LogP contribution is 2.19. The summed E-state index contributed by atoms with van der Waals surface area (Å²) in [4.78, 5) is 10.7. The third-order valence-corrected chi connectivity index (χ3v) is 1.62. The quantitative estimate of drug-likeness (QED) is 0.519. The molecule has 1 aliphatic heterocycles. The molecule has 4 nitrogen and oxygen atoms in total. The fourth-order valence-electron chi connectivity index (χ4n) is 0.999. The lowest BCUT2D eigenvalue weighted by Crippen LogP contribution is -2.32. The van der Waals surface area contributed by atoms with Crippen LogP contribution in [-0.2, 0) is 9.53 Å². The van der Waals surface area contributed by atoms with Gasteiger partial charge in [-0.25, -0.2) is 0 Å². The molecule has 0 aromatic rings. The predicted molar refractivity (Wildman–Crippen MR) is 34.1 cm³/mol. The van der Waals surface area contributed by atoms with Crippen molar-refractivity contribution in [2.75, 3.05) is 13.2 Å². The molecule has 0 aliphatic carbocycles. The Morgan fingerprint density at radius 1 is 2.00 bits per heavy atom. The van der Waals surface area contributed by atoms with E-state index in [1.165, 1.54) is 0 Å². The molecule has 1 amide bonds. The summed E-state index contributed by atoms with van der Waals surface area (Å²) in [7, 11) is 0. The van der Waals surface area contributed by atoms with E-state index in [-0.39, 0.29) is 6.61 Å². The van der Waals surface area contributed by atoms with Crippen molar-refractivity contribution < 1.29 is 16.0 Å². The third kappa shape index (κ3) is 1.27. The zero-order valence-electron chi connectivity index (χ0n) is 6.49. The number of ether oxygens (including phenoxy) is 1. The van der Waals surface area contributed by atoms with Gasteiger partial charge in [0.2, 0.25) is 5.91 Å². The van der Waals surface area contributed by atoms with Gasteiger partial charge >= 0.3 is 0 Å². The van der Waals surface area contributed by atoms with Crippen molar-refractivity contribution in [2.24, 2.45) is 11.7 Å². The van der Waals surface area contributed by atoms with E-state index < -0.39 is 24.5 Å². The second kappa shape index (κ2) is 2.98. The molecule has 10 heavy (non-hydrogen) atoms. The van der Waals surface area contributed by atoms with E-state index in [0.717, 1.165) is 0 Å². The van der Waals surface area contributed by atoms with Crippen LogP contribution in [0.3, 0.4) is 0 Å². The number of aliphatic hydroxyl groups is 1. The zero-order valence-corrected chi connectivity index (χ0v) is 5.49. The maximum absolute atomic E-state index is 10.7. The van der Waals surface area contributed by atoms with Gasteiger partial charge in [0.05, 0.1) is 20.0 Å². The van der Waals surface area contributed by atoms with Gasteiger partial charge in [0.25, 0.3) is 0 Å². The number of rotatable bonds is 2. The highest BCUT2D eigenvalue weighted by Gasteiger charge is 2.31. The Labute approximate surface area is 60.4 Å². The molecule has 3 atom stereocenters. The predicted octanol–water partition coefficient (Wildman–Crippen LogP) is -1.13. The average Bonchev–Trinajstić information content (AvgIpc) is 2.30. The summed E-state index contributed by atoms with van der Waals surface area (Å²) in [6, 6.07) is 0. The summed E-state index contributed by atoms with van der Waals surface area (Å²) in [5.74, 6) is -0.999. The van der Waals surface area contributed by atoms with Crippen LogP contribution in [0.15, 0.2) is 0 Å². The van der Waals surface area contributed by atoms with Crippen molar-refractivity contribution in [3.05, 3.63) is 0 Å². The molecule has 4 heteroatoms. The Hall–Kier alpha value is -0.610. The topological polar surface area (TPSA) is 72.6 Å². The molecule has 1 aliphatic rings. The van der Waals surface area contributed by atoms with Gasteiger partial charge in [0.1, 0.15) is 0 Å². The normalized spacial score (nSPS) is 41.3. The molecular weight excluding hydrogens is 134 g/mol. The van der Waals surface area contributed by atoms with E-state index in [1.54, 1.807) is 0 Å². The van der Waals surface area contributed by atoms with Crippen LogP contribution in [0.4, 0.5) is 0 Å². The number of hydrogen-bond donors (Lipinski definition) is 2. The molecule has 1 rings (SSSR count). The van der Waals surface area contributed by atoms with Gasteiger partial charge in [-0.05, 0) is 6.42 Å². The molecular formula is C6H11NO3. The smallest absolute Gasteiger partial charge is 0.223 e. The van der Waals surface area contributed by atoms with Gasteiger partial charge < -0.3 is 15.6 Å². The lowest BCUT2D eigenvalue weighted by molar-refractivity contribution is -0.124. The first-order valence-electron chi connectivity index (χ1n) is 3.70. The minimum Gasteiger partial charge on any atom is -0.394 e. The first-order chi connectivity index (χ1) is 5.15. The maximum atomic E-state index is 10.7. The summed E-state index contributed by atoms with van der Waals surface area (Å²) in [6.45, 7) is -0.965. The Bertz CT molecular complexity index is 164. The molecule has 3 N–H and O–H groups in total. The number of carbonyl (C=O) groups excluding carboxylic acids is 1. The monoisotopic (exact) mass is 147 g/mol. The number of nitrogens with two attached hydrogens (primary N) is 1. The third-order valence-electron chi connectivity index (χ3n) is 1.62. The van der Waals surface area contributed by atoms with Crippen LogP contribution >= 0.6 is 0 Å².